The van der Waals surface area contributed by atoms with E-state index in [0.29, 0.717) is 0 Å². The highest BCUT2D eigenvalue weighted by atomic mass is 35.5. The van der Waals surface area contributed by atoms with E-state index >= 15 is 0 Å². The van der Waals surface area contributed by atoms with Crippen molar-refractivity contribution in [3.63, 3.8) is 0 Å². The largest absolute Gasteiger partial charge is 0.316 e. The summed E-state index contributed by atoms with van der Waals surface area (Å²) in [6, 6.07) is 0.767. The molecule has 1 saturated heterocycles. The minimum atomic E-state index is 0. The van der Waals surface area contributed by atoms with Crippen LogP contribution in [-0.4, -0.2) is 37.6 Å². The van der Waals surface area contributed by atoms with Gasteiger partial charge in [0.25, 0.3) is 0 Å². The van der Waals surface area contributed by atoms with Gasteiger partial charge >= 0.3 is 0 Å². The highest BCUT2D eigenvalue weighted by Gasteiger charge is 2.40. The maximum absolute atomic E-state index is 3.41. The van der Waals surface area contributed by atoms with Gasteiger partial charge in [-0.25, -0.2) is 0 Å². The average molecular weight is 245 g/mol. The molecule has 1 N–H and O–H groups in total. The molecule has 0 aromatic heterocycles. The number of rotatable bonds is 3. The minimum absolute atomic E-state index is 0. The summed E-state index contributed by atoms with van der Waals surface area (Å²) in [5.41, 5.74) is 0. The zero-order valence-electron chi connectivity index (χ0n) is 10.3. The van der Waals surface area contributed by atoms with E-state index in [1.807, 2.05) is 0 Å². The first-order chi connectivity index (χ1) is 7.35. The molecule has 16 heavy (non-hydrogen) atoms. The van der Waals surface area contributed by atoms with Crippen LogP contribution in [0.4, 0.5) is 0 Å². The predicted octanol–water partition coefficient (Wildman–Crippen LogP) is 2.14. The summed E-state index contributed by atoms with van der Waals surface area (Å²) in [7, 11) is 2.10. The van der Waals surface area contributed by atoms with Crippen molar-refractivity contribution in [2.45, 2.75) is 38.1 Å². The van der Waals surface area contributed by atoms with E-state index in [9.17, 15) is 0 Å². The van der Waals surface area contributed by atoms with E-state index in [1.54, 1.807) is 25.7 Å². The number of nitrogens with zero attached hydrogens (tertiary/aromatic N) is 1. The van der Waals surface area contributed by atoms with Gasteiger partial charge in [0, 0.05) is 19.1 Å². The molecule has 2 nitrogen and oxygen atoms in total. The van der Waals surface area contributed by atoms with Crippen LogP contribution in [-0.2, 0) is 0 Å². The van der Waals surface area contributed by atoms with Crippen LogP contribution in [0.2, 0.25) is 0 Å². The Kier molecular flexibility index (Phi) is 4.15. The minimum Gasteiger partial charge on any atom is -0.316 e. The third-order valence-electron chi connectivity index (χ3n) is 5.06. The Morgan fingerprint density at radius 1 is 1.19 bits per heavy atom. The van der Waals surface area contributed by atoms with Crippen molar-refractivity contribution in [1.82, 2.24) is 10.2 Å². The van der Waals surface area contributed by atoms with Gasteiger partial charge < -0.3 is 10.2 Å². The van der Waals surface area contributed by atoms with Gasteiger partial charge in [0.1, 0.15) is 0 Å². The summed E-state index contributed by atoms with van der Waals surface area (Å²) in [4.78, 5) is 2.70. The van der Waals surface area contributed by atoms with Gasteiger partial charge in [-0.3, -0.25) is 0 Å². The maximum atomic E-state index is 3.41. The molecule has 2 bridgehead atoms. The molecule has 3 aliphatic rings. The lowest BCUT2D eigenvalue weighted by atomic mass is 9.88. The van der Waals surface area contributed by atoms with Crippen LogP contribution in [0.1, 0.15) is 32.1 Å². The molecule has 1 heterocycles. The Hall–Kier alpha value is 0.210. The van der Waals surface area contributed by atoms with Crippen molar-refractivity contribution in [3.05, 3.63) is 0 Å². The molecule has 3 heteroatoms. The second-order valence-corrected chi connectivity index (χ2v) is 5.97. The molecule has 0 spiro atoms. The SMILES string of the molecule is CNC1CCN(CC2CC3CCC2C3)C1.Cl. The normalized spacial score (nSPS) is 42.6. The zero-order valence-corrected chi connectivity index (χ0v) is 11.1. The molecule has 3 fully saturated rings. The lowest BCUT2D eigenvalue weighted by molar-refractivity contribution is 0.217. The molecule has 1 aliphatic heterocycles. The molecular formula is C13H25ClN2. The fraction of sp³-hybridized carbons (Fsp3) is 1.00. The van der Waals surface area contributed by atoms with E-state index < -0.39 is 0 Å². The van der Waals surface area contributed by atoms with Crippen molar-refractivity contribution in [3.8, 4) is 0 Å². The lowest BCUT2D eigenvalue weighted by Gasteiger charge is -2.26. The van der Waals surface area contributed by atoms with Gasteiger partial charge in [-0.15, -0.1) is 12.4 Å². The summed E-state index contributed by atoms with van der Waals surface area (Å²) in [6.07, 6.45) is 7.55. The smallest absolute Gasteiger partial charge is 0.0204 e. The number of likely N-dealkylation sites (tertiary alicyclic amines) is 1. The number of fused-ring (bicyclic) bond motifs is 2. The molecule has 4 atom stereocenters. The molecule has 4 unspecified atom stereocenters. The van der Waals surface area contributed by atoms with Crippen LogP contribution in [0.5, 0.6) is 0 Å². The van der Waals surface area contributed by atoms with Gasteiger partial charge in [0.15, 0.2) is 0 Å². The Morgan fingerprint density at radius 2 is 2.06 bits per heavy atom. The predicted molar refractivity (Wildman–Crippen MR) is 70.1 cm³/mol. The topological polar surface area (TPSA) is 15.3 Å². The summed E-state index contributed by atoms with van der Waals surface area (Å²) in [5.74, 6) is 3.27. The second kappa shape index (κ2) is 5.24. The zero-order chi connectivity index (χ0) is 10.3. The molecule has 0 amide bonds. The third kappa shape index (κ3) is 2.39. The summed E-state index contributed by atoms with van der Waals surface area (Å²) < 4.78 is 0. The highest BCUT2D eigenvalue weighted by Crippen LogP contribution is 2.48. The van der Waals surface area contributed by atoms with Gasteiger partial charge in [-0.1, -0.05) is 6.42 Å². The number of likely N-dealkylation sites (N-methyl/N-ethyl adjacent to an activating group) is 1. The van der Waals surface area contributed by atoms with Crippen molar-refractivity contribution >= 4 is 12.4 Å². The monoisotopic (exact) mass is 244 g/mol. The third-order valence-corrected chi connectivity index (χ3v) is 5.06. The van der Waals surface area contributed by atoms with Crippen molar-refractivity contribution < 1.29 is 0 Å². The molecule has 3 rings (SSSR count). The van der Waals surface area contributed by atoms with Crippen molar-refractivity contribution in [1.29, 1.82) is 0 Å². The van der Waals surface area contributed by atoms with Crippen molar-refractivity contribution in [2.24, 2.45) is 17.8 Å². The maximum Gasteiger partial charge on any atom is 0.0204 e. The van der Waals surface area contributed by atoms with E-state index in [2.05, 4.69) is 17.3 Å². The van der Waals surface area contributed by atoms with Crippen molar-refractivity contribution in [2.75, 3.05) is 26.7 Å². The molecule has 2 aliphatic carbocycles. The fourth-order valence-electron chi connectivity index (χ4n) is 4.17. The average Bonchev–Trinajstić information content (AvgIpc) is 2.92. The van der Waals surface area contributed by atoms with E-state index in [-0.39, 0.29) is 12.4 Å². The van der Waals surface area contributed by atoms with E-state index in [1.165, 1.54) is 26.1 Å². The quantitative estimate of drug-likeness (QED) is 0.819. The molecular weight excluding hydrogens is 220 g/mol. The van der Waals surface area contributed by atoms with Gasteiger partial charge in [-0.05, 0) is 57.0 Å². The number of hydrogen-bond donors (Lipinski definition) is 1. The summed E-state index contributed by atoms with van der Waals surface area (Å²) in [6.45, 7) is 4.03. The van der Waals surface area contributed by atoms with Crippen LogP contribution in [0, 0.1) is 17.8 Å². The molecule has 94 valence electrons. The van der Waals surface area contributed by atoms with Crippen LogP contribution in [0.3, 0.4) is 0 Å². The van der Waals surface area contributed by atoms with Gasteiger partial charge in [0.2, 0.25) is 0 Å². The number of hydrogen-bond acceptors (Lipinski definition) is 2. The molecule has 0 aromatic rings. The standard InChI is InChI=1S/C13H24N2.ClH/c1-14-13-4-5-15(9-13)8-12-7-10-2-3-11(12)6-10;/h10-14H,2-9H2,1H3;1H. The molecule has 2 saturated carbocycles. The first-order valence-electron chi connectivity index (χ1n) is 6.74. The molecule has 0 aromatic carbocycles. The first kappa shape index (κ1) is 12.7. The van der Waals surface area contributed by atoms with Crippen LogP contribution >= 0.6 is 12.4 Å². The Morgan fingerprint density at radius 3 is 2.62 bits per heavy atom. The Labute approximate surface area is 106 Å². The lowest BCUT2D eigenvalue weighted by Crippen LogP contribution is -2.33. The first-order valence-corrected chi connectivity index (χ1v) is 6.74. The van der Waals surface area contributed by atoms with Crippen LogP contribution in [0.15, 0.2) is 0 Å². The fourth-order valence-corrected chi connectivity index (χ4v) is 4.17. The second-order valence-electron chi connectivity index (χ2n) is 5.97. The van der Waals surface area contributed by atoms with Gasteiger partial charge in [-0.2, -0.15) is 0 Å². The van der Waals surface area contributed by atoms with Gasteiger partial charge in [0.05, 0.1) is 0 Å². The van der Waals surface area contributed by atoms with Crippen LogP contribution in [0.25, 0.3) is 0 Å². The molecule has 0 radical (unpaired) electrons. The van der Waals surface area contributed by atoms with Crippen LogP contribution < -0.4 is 5.32 Å². The highest BCUT2D eigenvalue weighted by molar-refractivity contribution is 5.85. The number of halogens is 1. The Balaban J connectivity index is 0.000000963. The van der Waals surface area contributed by atoms with E-state index in [0.717, 1.165) is 23.8 Å². The summed E-state index contributed by atoms with van der Waals surface area (Å²) in [5, 5.41) is 3.41. The van der Waals surface area contributed by atoms with E-state index in [4.69, 9.17) is 0 Å². The summed E-state index contributed by atoms with van der Waals surface area (Å²) >= 11 is 0. The Bertz CT molecular complexity index is 234. The number of nitrogens with one attached hydrogen (secondary N) is 1.